The lowest BCUT2D eigenvalue weighted by atomic mass is 10.1. The topological polar surface area (TPSA) is 85.4 Å². The average molecular weight is 455 g/mol. The fourth-order valence-corrected chi connectivity index (χ4v) is 3.42. The maximum atomic E-state index is 12.7. The van der Waals surface area contributed by atoms with E-state index in [4.69, 9.17) is 9.47 Å². The lowest BCUT2D eigenvalue weighted by molar-refractivity contribution is -0.114. The standard InChI is InChI=1S/C27H26N4O3/c1-18-8-10-19(11-9-18)23-16-24(20-12-14-21(33-2)15-13-20)30-27(29-23)31-26(32)17-28-22-6-4-5-7-25(22)34-3/h4-16,28H,17H2,1-3H3,(H,29,30,31,32). The van der Waals surface area contributed by atoms with E-state index in [1.807, 2.05) is 85.8 Å². The van der Waals surface area contributed by atoms with Crippen molar-refractivity contribution in [3.8, 4) is 34.0 Å². The molecule has 4 aromatic rings. The van der Waals surface area contributed by atoms with Crippen molar-refractivity contribution in [3.63, 3.8) is 0 Å². The zero-order valence-corrected chi connectivity index (χ0v) is 19.3. The number of aryl methyl sites for hydroxylation is 1. The molecule has 7 nitrogen and oxygen atoms in total. The number of amides is 1. The largest absolute Gasteiger partial charge is 0.497 e. The second-order valence-corrected chi connectivity index (χ2v) is 7.66. The number of rotatable bonds is 8. The van der Waals surface area contributed by atoms with E-state index in [0.717, 1.165) is 28.1 Å². The van der Waals surface area contributed by atoms with Crippen LogP contribution in [0.3, 0.4) is 0 Å². The Hall–Kier alpha value is -4.39. The van der Waals surface area contributed by atoms with Crippen molar-refractivity contribution < 1.29 is 14.3 Å². The molecule has 0 aliphatic heterocycles. The van der Waals surface area contributed by atoms with Crippen LogP contribution in [0, 0.1) is 6.92 Å². The predicted octanol–water partition coefficient (Wildman–Crippen LogP) is 5.19. The Morgan fingerprint density at radius 3 is 2.06 bits per heavy atom. The summed E-state index contributed by atoms with van der Waals surface area (Å²) in [5.41, 5.74) is 5.12. The van der Waals surface area contributed by atoms with Crippen LogP contribution in [0.2, 0.25) is 0 Å². The van der Waals surface area contributed by atoms with Gasteiger partial charge in [0.05, 0.1) is 37.8 Å². The van der Waals surface area contributed by atoms with Gasteiger partial charge >= 0.3 is 0 Å². The monoisotopic (exact) mass is 454 g/mol. The molecular formula is C27H26N4O3. The molecule has 2 N–H and O–H groups in total. The summed E-state index contributed by atoms with van der Waals surface area (Å²) in [5, 5.41) is 5.90. The highest BCUT2D eigenvalue weighted by atomic mass is 16.5. The Morgan fingerprint density at radius 1 is 0.824 bits per heavy atom. The van der Waals surface area contributed by atoms with Gasteiger partial charge in [-0.25, -0.2) is 9.97 Å². The van der Waals surface area contributed by atoms with Crippen LogP contribution in [0.4, 0.5) is 11.6 Å². The number of benzene rings is 3. The number of hydrogen-bond acceptors (Lipinski definition) is 6. The molecule has 0 saturated carbocycles. The fourth-order valence-electron chi connectivity index (χ4n) is 3.42. The molecule has 1 amide bonds. The van der Waals surface area contributed by atoms with Crippen molar-refractivity contribution in [3.05, 3.63) is 84.4 Å². The minimum atomic E-state index is -0.271. The summed E-state index contributed by atoms with van der Waals surface area (Å²) in [7, 11) is 3.22. The Balaban J connectivity index is 1.60. The summed E-state index contributed by atoms with van der Waals surface area (Å²) < 4.78 is 10.6. The number of carbonyl (C=O) groups is 1. The molecule has 0 aliphatic carbocycles. The minimum Gasteiger partial charge on any atom is -0.497 e. The summed E-state index contributed by atoms with van der Waals surface area (Å²) in [6.45, 7) is 2.07. The van der Waals surface area contributed by atoms with Crippen molar-refractivity contribution in [1.29, 1.82) is 0 Å². The highest BCUT2D eigenvalue weighted by molar-refractivity contribution is 5.93. The molecule has 0 bridgehead atoms. The molecular weight excluding hydrogens is 428 g/mol. The third-order valence-corrected chi connectivity index (χ3v) is 5.26. The number of nitrogens with one attached hydrogen (secondary N) is 2. The molecule has 0 fully saturated rings. The van der Waals surface area contributed by atoms with Gasteiger partial charge in [0.1, 0.15) is 11.5 Å². The normalized spacial score (nSPS) is 10.4. The Morgan fingerprint density at radius 2 is 1.44 bits per heavy atom. The van der Waals surface area contributed by atoms with E-state index in [2.05, 4.69) is 20.6 Å². The molecule has 1 heterocycles. The summed E-state index contributed by atoms with van der Waals surface area (Å²) in [6.07, 6.45) is 0. The van der Waals surface area contributed by atoms with E-state index in [-0.39, 0.29) is 18.4 Å². The van der Waals surface area contributed by atoms with E-state index >= 15 is 0 Å². The Kier molecular flexibility index (Phi) is 7.03. The zero-order valence-electron chi connectivity index (χ0n) is 19.3. The van der Waals surface area contributed by atoms with Gasteiger partial charge in [0.2, 0.25) is 11.9 Å². The molecule has 0 unspecified atom stereocenters. The van der Waals surface area contributed by atoms with Gasteiger partial charge in [0.25, 0.3) is 0 Å². The molecule has 0 aliphatic rings. The van der Waals surface area contributed by atoms with Crippen LogP contribution < -0.4 is 20.1 Å². The molecule has 0 saturated heterocycles. The van der Waals surface area contributed by atoms with Crippen molar-refractivity contribution in [2.75, 3.05) is 31.4 Å². The molecule has 4 rings (SSSR count). The first kappa shape index (κ1) is 22.8. The zero-order chi connectivity index (χ0) is 23.9. The number of para-hydroxylation sites is 2. The number of methoxy groups -OCH3 is 2. The van der Waals surface area contributed by atoms with Crippen LogP contribution in [0.1, 0.15) is 5.56 Å². The second-order valence-electron chi connectivity index (χ2n) is 7.66. The predicted molar refractivity (Wildman–Crippen MR) is 134 cm³/mol. The maximum absolute atomic E-state index is 12.7. The Labute approximate surface area is 198 Å². The first-order chi connectivity index (χ1) is 16.6. The van der Waals surface area contributed by atoms with Crippen LogP contribution in [0.25, 0.3) is 22.5 Å². The van der Waals surface area contributed by atoms with Crippen LogP contribution in [0.15, 0.2) is 78.9 Å². The van der Waals surface area contributed by atoms with Gasteiger partial charge in [-0.2, -0.15) is 0 Å². The fraction of sp³-hybridized carbons (Fsp3) is 0.148. The summed E-state index contributed by atoms with van der Waals surface area (Å²) in [4.78, 5) is 21.9. The van der Waals surface area contributed by atoms with E-state index < -0.39 is 0 Å². The van der Waals surface area contributed by atoms with Crippen molar-refractivity contribution in [2.24, 2.45) is 0 Å². The lowest BCUT2D eigenvalue weighted by Gasteiger charge is -2.12. The number of carbonyl (C=O) groups excluding carboxylic acids is 1. The van der Waals surface area contributed by atoms with Crippen LogP contribution in [-0.2, 0) is 4.79 Å². The van der Waals surface area contributed by atoms with E-state index in [1.165, 1.54) is 0 Å². The van der Waals surface area contributed by atoms with Gasteiger partial charge in [-0.1, -0.05) is 42.0 Å². The quantitative estimate of drug-likeness (QED) is 0.381. The van der Waals surface area contributed by atoms with Crippen LogP contribution >= 0.6 is 0 Å². The average Bonchev–Trinajstić information content (AvgIpc) is 2.88. The molecule has 0 atom stereocenters. The summed E-state index contributed by atoms with van der Waals surface area (Å²) in [6, 6.07) is 25.0. The van der Waals surface area contributed by atoms with Crippen molar-refractivity contribution in [1.82, 2.24) is 9.97 Å². The van der Waals surface area contributed by atoms with Crippen molar-refractivity contribution >= 4 is 17.5 Å². The molecule has 172 valence electrons. The van der Waals surface area contributed by atoms with Crippen molar-refractivity contribution in [2.45, 2.75) is 6.92 Å². The molecule has 0 spiro atoms. The number of hydrogen-bond donors (Lipinski definition) is 2. The first-order valence-corrected chi connectivity index (χ1v) is 10.8. The van der Waals surface area contributed by atoms with Gasteiger partial charge < -0.3 is 14.8 Å². The molecule has 34 heavy (non-hydrogen) atoms. The third kappa shape index (κ3) is 5.50. The highest BCUT2D eigenvalue weighted by Crippen LogP contribution is 2.27. The molecule has 0 radical (unpaired) electrons. The molecule has 1 aromatic heterocycles. The number of anilines is 2. The van der Waals surface area contributed by atoms with Crippen LogP contribution in [0.5, 0.6) is 11.5 Å². The minimum absolute atomic E-state index is 0.0381. The van der Waals surface area contributed by atoms with E-state index in [9.17, 15) is 4.79 Å². The summed E-state index contributed by atoms with van der Waals surface area (Å²) >= 11 is 0. The van der Waals surface area contributed by atoms with Gasteiger partial charge in [-0.15, -0.1) is 0 Å². The lowest BCUT2D eigenvalue weighted by Crippen LogP contribution is -2.23. The number of aromatic nitrogens is 2. The summed E-state index contributed by atoms with van der Waals surface area (Å²) in [5.74, 6) is 1.38. The smallest absolute Gasteiger partial charge is 0.246 e. The number of ether oxygens (including phenoxy) is 2. The van der Waals surface area contributed by atoms with E-state index in [1.54, 1.807) is 14.2 Å². The SMILES string of the molecule is COc1ccc(-c2cc(-c3ccc(C)cc3)nc(NC(=O)CNc3ccccc3OC)n2)cc1. The Bertz CT molecular complexity index is 1270. The van der Waals surface area contributed by atoms with E-state index in [0.29, 0.717) is 17.1 Å². The molecule has 3 aromatic carbocycles. The van der Waals surface area contributed by atoms with Gasteiger partial charge in [0.15, 0.2) is 0 Å². The number of nitrogens with zero attached hydrogens (tertiary/aromatic N) is 2. The maximum Gasteiger partial charge on any atom is 0.246 e. The third-order valence-electron chi connectivity index (χ3n) is 5.26. The second kappa shape index (κ2) is 10.5. The first-order valence-electron chi connectivity index (χ1n) is 10.8. The molecule has 7 heteroatoms. The van der Waals surface area contributed by atoms with Gasteiger partial charge in [-0.3, -0.25) is 10.1 Å². The van der Waals surface area contributed by atoms with Crippen LogP contribution in [-0.4, -0.2) is 36.6 Å². The van der Waals surface area contributed by atoms with Gasteiger partial charge in [0, 0.05) is 11.1 Å². The van der Waals surface area contributed by atoms with Gasteiger partial charge in [-0.05, 0) is 49.4 Å². The highest BCUT2D eigenvalue weighted by Gasteiger charge is 2.12.